The predicted octanol–water partition coefficient (Wildman–Crippen LogP) is 3.53. The Labute approximate surface area is 173 Å². The summed E-state index contributed by atoms with van der Waals surface area (Å²) >= 11 is 0. The highest BCUT2D eigenvalue weighted by Gasteiger charge is 2.36. The first-order valence-electron chi connectivity index (χ1n) is 10.4. The number of benzene rings is 2. The number of nitrogens with zero attached hydrogens (tertiary/aromatic N) is 1. The number of rotatable bonds is 8. The fraction of sp³-hybridized carbons (Fsp3) is 0.417. The molecular weight excluding hydrogens is 364 g/mol. The molecule has 1 aliphatic heterocycles. The van der Waals surface area contributed by atoms with E-state index in [2.05, 4.69) is 31.3 Å². The normalized spacial score (nSPS) is 16.2. The van der Waals surface area contributed by atoms with Crippen LogP contribution in [0.1, 0.15) is 37.0 Å². The summed E-state index contributed by atoms with van der Waals surface area (Å²) in [6, 6.07) is 14.0. The van der Waals surface area contributed by atoms with Crippen LogP contribution in [-0.4, -0.2) is 32.0 Å². The number of ether oxygens (including phenoxy) is 1. The van der Waals surface area contributed by atoms with Gasteiger partial charge in [-0.1, -0.05) is 44.2 Å². The van der Waals surface area contributed by atoms with E-state index in [1.807, 2.05) is 35.2 Å². The number of amides is 2. The second kappa shape index (κ2) is 9.59. The molecule has 0 aromatic heterocycles. The molecule has 0 aliphatic carbocycles. The Hall–Kier alpha value is -2.82. The molecule has 29 heavy (non-hydrogen) atoms. The zero-order chi connectivity index (χ0) is 20.8. The minimum Gasteiger partial charge on any atom is -0.497 e. The minimum atomic E-state index is -0.303. The highest BCUT2D eigenvalue weighted by molar-refractivity contribution is 6.01. The quantitative estimate of drug-likeness (QED) is 0.745. The molecule has 1 N–H and O–H groups in total. The van der Waals surface area contributed by atoms with Gasteiger partial charge in [0.1, 0.15) is 5.75 Å². The van der Waals surface area contributed by atoms with Crippen LogP contribution in [0.2, 0.25) is 0 Å². The maximum absolute atomic E-state index is 12.7. The average Bonchev–Trinajstić information content (AvgIpc) is 3.14. The van der Waals surface area contributed by atoms with E-state index in [1.54, 1.807) is 7.11 Å². The lowest BCUT2D eigenvalue weighted by Crippen LogP contribution is -2.34. The van der Waals surface area contributed by atoms with E-state index >= 15 is 0 Å². The largest absolute Gasteiger partial charge is 0.497 e. The van der Waals surface area contributed by atoms with Gasteiger partial charge in [-0.15, -0.1) is 0 Å². The molecule has 1 atom stereocenters. The van der Waals surface area contributed by atoms with E-state index in [-0.39, 0.29) is 24.2 Å². The van der Waals surface area contributed by atoms with Gasteiger partial charge in [0.2, 0.25) is 11.8 Å². The SMILES string of the molecule is CCc1cccc(CC)c1N1CC(C(=O)NCCc2cccc(OC)c2)CC1=O. The van der Waals surface area contributed by atoms with Gasteiger partial charge < -0.3 is 15.0 Å². The van der Waals surface area contributed by atoms with Gasteiger partial charge in [-0.05, 0) is 48.1 Å². The third kappa shape index (κ3) is 4.78. The number of aryl methyl sites for hydroxylation is 2. The van der Waals surface area contributed by atoms with Crippen molar-refractivity contribution in [3.05, 3.63) is 59.2 Å². The number of carbonyl (C=O) groups is 2. The fourth-order valence-corrected chi connectivity index (χ4v) is 3.96. The molecule has 154 valence electrons. The molecule has 1 unspecified atom stereocenters. The van der Waals surface area contributed by atoms with Gasteiger partial charge in [0, 0.05) is 25.2 Å². The monoisotopic (exact) mass is 394 g/mol. The number of hydrogen-bond donors (Lipinski definition) is 1. The summed E-state index contributed by atoms with van der Waals surface area (Å²) in [6.45, 7) is 5.19. The molecule has 0 bridgehead atoms. The number of hydrogen-bond acceptors (Lipinski definition) is 3. The first kappa shape index (κ1) is 20.9. The minimum absolute atomic E-state index is 0.0357. The second-order valence-electron chi connectivity index (χ2n) is 7.43. The van der Waals surface area contributed by atoms with Gasteiger partial charge in [-0.2, -0.15) is 0 Å². The van der Waals surface area contributed by atoms with E-state index in [0.717, 1.165) is 47.4 Å². The number of anilines is 1. The Balaban J connectivity index is 1.62. The zero-order valence-electron chi connectivity index (χ0n) is 17.5. The smallest absolute Gasteiger partial charge is 0.227 e. The topological polar surface area (TPSA) is 58.6 Å². The first-order valence-corrected chi connectivity index (χ1v) is 10.4. The summed E-state index contributed by atoms with van der Waals surface area (Å²) in [5.74, 6) is 0.499. The highest BCUT2D eigenvalue weighted by atomic mass is 16.5. The van der Waals surface area contributed by atoms with Gasteiger partial charge in [-0.25, -0.2) is 0 Å². The summed E-state index contributed by atoms with van der Waals surface area (Å²) in [5.41, 5.74) is 4.45. The van der Waals surface area contributed by atoms with Crippen LogP contribution in [0.5, 0.6) is 5.75 Å². The number of para-hydroxylation sites is 1. The van der Waals surface area contributed by atoms with Crippen molar-refractivity contribution in [1.82, 2.24) is 5.32 Å². The van der Waals surface area contributed by atoms with E-state index in [1.165, 1.54) is 0 Å². The van der Waals surface area contributed by atoms with Crippen LogP contribution in [-0.2, 0) is 28.9 Å². The van der Waals surface area contributed by atoms with E-state index in [0.29, 0.717) is 13.1 Å². The van der Waals surface area contributed by atoms with Crippen molar-refractivity contribution in [2.45, 2.75) is 39.5 Å². The van der Waals surface area contributed by atoms with Crippen molar-refractivity contribution in [2.75, 3.05) is 25.1 Å². The van der Waals surface area contributed by atoms with Gasteiger partial charge in [0.25, 0.3) is 0 Å². The molecule has 1 aliphatic rings. The molecule has 5 heteroatoms. The van der Waals surface area contributed by atoms with Crippen LogP contribution >= 0.6 is 0 Å². The molecule has 2 aromatic rings. The molecule has 3 rings (SSSR count). The van der Waals surface area contributed by atoms with Crippen LogP contribution in [0.3, 0.4) is 0 Å². The number of carbonyl (C=O) groups excluding carboxylic acids is 2. The summed E-state index contributed by atoms with van der Waals surface area (Å²) in [7, 11) is 1.64. The number of nitrogens with one attached hydrogen (secondary N) is 1. The van der Waals surface area contributed by atoms with Crippen LogP contribution in [0, 0.1) is 5.92 Å². The summed E-state index contributed by atoms with van der Waals surface area (Å²) in [5, 5.41) is 3.00. The van der Waals surface area contributed by atoms with Crippen molar-refractivity contribution in [2.24, 2.45) is 5.92 Å². The molecule has 0 saturated carbocycles. The van der Waals surface area contributed by atoms with Crippen LogP contribution in [0.15, 0.2) is 42.5 Å². The maximum Gasteiger partial charge on any atom is 0.227 e. The van der Waals surface area contributed by atoms with E-state index < -0.39 is 0 Å². The van der Waals surface area contributed by atoms with Crippen LogP contribution in [0.4, 0.5) is 5.69 Å². The van der Waals surface area contributed by atoms with Crippen molar-refractivity contribution in [3.8, 4) is 5.75 Å². The van der Waals surface area contributed by atoms with Crippen LogP contribution < -0.4 is 15.0 Å². The summed E-state index contributed by atoms with van der Waals surface area (Å²) in [6.07, 6.45) is 2.73. The zero-order valence-corrected chi connectivity index (χ0v) is 17.5. The lowest BCUT2D eigenvalue weighted by atomic mass is 10.0. The lowest BCUT2D eigenvalue weighted by molar-refractivity contribution is -0.126. The summed E-state index contributed by atoms with van der Waals surface area (Å²) < 4.78 is 5.24. The van der Waals surface area contributed by atoms with Crippen molar-refractivity contribution < 1.29 is 14.3 Å². The summed E-state index contributed by atoms with van der Waals surface area (Å²) in [4.78, 5) is 27.2. The predicted molar refractivity (Wildman–Crippen MR) is 115 cm³/mol. The second-order valence-corrected chi connectivity index (χ2v) is 7.43. The number of methoxy groups -OCH3 is 1. The molecule has 1 heterocycles. The Morgan fingerprint density at radius 2 is 1.83 bits per heavy atom. The standard InChI is InChI=1S/C24H30N2O3/c1-4-18-9-7-10-19(5-2)23(18)26-16-20(15-22(26)27)24(28)25-13-12-17-8-6-11-21(14-17)29-3/h6-11,14,20H,4-5,12-13,15-16H2,1-3H3,(H,25,28). The Kier molecular flexibility index (Phi) is 6.91. The van der Waals surface area contributed by atoms with Gasteiger partial charge in [0.15, 0.2) is 0 Å². The third-order valence-electron chi connectivity index (χ3n) is 5.58. The van der Waals surface area contributed by atoms with E-state index in [9.17, 15) is 9.59 Å². The average molecular weight is 395 g/mol. The molecule has 2 amide bonds. The van der Waals surface area contributed by atoms with Crippen molar-refractivity contribution in [3.63, 3.8) is 0 Å². The van der Waals surface area contributed by atoms with Gasteiger partial charge in [-0.3, -0.25) is 9.59 Å². The Morgan fingerprint density at radius 1 is 1.14 bits per heavy atom. The van der Waals surface area contributed by atoms with Crippen molar-refractivity contribution in [1.29, 1.82) is 0 Å². The highest BCUT2D eigenvalue weighted by Crippen LogP contribution is 2.32. The molecule has 0 spiro atoms. The Morgan fingerprint density at radius 3 is 2.48 bits per heavy atom. The molecule has 5 nitrogen and oxygen atoms in total. The van der Waals surface area contributed by atoms with Gasteiger partial charge in [0.05, 0.1) is 13.0 Å². The lowest BCUT2D eigenvalue weighted by Gasteiger charge is -2.23. The van der Waals surface area contributed by atoms with Crippen LogP contribution in [0.25, 0.3) is 0 Å². The molecule has 2 aromatic carbocycles. The molecule has 1 saturated heterocycles. The Bertz CT molecular complexity index is 856. The molecular formula is C24H30N2O3. The third-order valence-corrected chi connectivity index (χ3v) is 5.58. The first-order chi connectivity index (χ1) is 14.1. The maximum atomic E-state index is 12.7. The fourth-order valence-electron chi connectivity index (χ4n) is 3.96. The molecule has 1 fully saturated rings. The van der Waals surface area contributed by atoms with Crippen molar-refractivity contribution >= 4 is 17.5 Å². The van der Waals surface area contributed by atoms with E-state index in [4.69, 9.17) is 4.74 Å². The van der Waals surface area contributed by atoms with Gasteiger partial charge >= 0.3 is 0 Å². The molecule has 0 radical (unpaired) electrons.